The van der Waals surface area contributed by atoms with Crippen LogP contribution in [0.3, 0.4) is 0 Å². The molecule has 134 valence electrons. The van der Waals surface area contributed by atoms with Gasteiger partial charge in [0.25, 0.3) is 0 Å². The van der Waals surface area contributed by atoms with Gasteiger partial charge in [0.15, 0.2) is 5.75 Å². The molecule has 0 saturated carbocycles. The van der Waals surface area contributed by atoms with Crippen LogP contribution in [-0.4, -0.2) is 17.8 Å². The molecule has 1 aliphatic rings. The summed E-state index contributed by atoms with van der Waals surface area (Å²) in [6, 6.07) is 21.5. The molecule has 0 spiro atoms. The molecule has 0 heterocycles. The Balaban J connectivity index is 1.50. The first-order chi connectivity index (χ1) is 13.1. The molecular weight excluding hydrogens is 342 g/mol. The molecule has 0 fully saturated rings. The maximum absolute atomic E-state index is 12.2. The number of carbonyl (C=O) groups is 1. The summed E-state index contributed by atoms with van der Waals surface area (Å²) in [5.41, 5.74) is 4.45. The highest BCUT2D eigenvalue weighted by molar-refractivity contribution is 5.85. The number of hydrogen-bond donors (Lipinski definition) is 2. The maximum atomic E-state index is 12.2. The van der Waals surface area contributed by atoms with Gasteiger partial charge in [0.2, 0.25) is 5.43 Å². The summed E-state index contributed by atoms with van der Waals surface area (Å²) in [6.45, 7) is 0.205. The van der Waals surface area contributed by atoms with Crippen LogP contribution >= 0.6 is 0 Å². The number of nitrogens with one attached hydrogen (secondary N) is 1. The van der Waals surface area contributed by atoms with Crippen molar-refractivity contribution in [3.8, 4) is 16.9 Å². The van der Waals surface area contributed by atoms with Crippen LogP contribution < -0.4 is 10.7 Å². The molecule has 0 atom stereocenters. The molecule has 5 nitrogen and oxygen atoms in total. The van der Waals surface area contributed by atoms with Crippen LogP contribution in [0.25, 0.3) is 11.1 Å². The Morgan fingerprint density at radius 3 is 2.15 bits per heavy atom. The highest BCUT2D eigenvalue weighted by Gasteiger charge is 2.28. The van der Waals surface area contributed by atoms with E-state index in [1.54, 1.807) is 0 Å². The molecule has 5 heteroatoms. The molecule has 0 bridgehead atoms. The van der Waals surface area contributed by atoms with Gasteiger partial charge < -0.3 is 9.84 Å². The number of carbonyl (C=O) groups excluding carboxylic acids is 1. The molecule has 0 aliphatic heterocycles. The summed E-state index contributed by atoms with van der Waals surface area (Å²) in [4.78, 5) is 23.6. The minimum absolute atomic E-state index is 0.0210. The van der Waals surface area contributed by atoms with Crippen LogP contribution in [0.1, 0.15) is 17.0 Å². The molecule has 0 radical (unpaired) electrons. The monoisotopic (exact) mass is 359 g/mol. The summed E-state index contributed by atoms with van der Waals surface area (Å²) >= 11 is 0. The van der Waals surface area contributed by atoms with E-state index in [9.17, 15) is 14.7 Å². The van der Waals surface area contributed by atoms with E-state index in [1.807, 2.05) is 24.3 Å². The number of aromatic hydroxyl groups is 1. The van der Waals surface area contributed by atoms with E-state index in [-0.39, 0.29) is 18.3 Å². The predicted octanol–water partition coefficient (Wildman–Crippen LogP) is 4.11. The predicted molar refractivity (Wildman–Crippen MR) is 103 cm³/mol. The molecule has 1 amide bonds. The van der Waals surface area contributed by atoms with Gasteiger partial charge in [-0.1, -0.05) is 48.5 Å². The number of fused-ring (bicyclic) bond motifs is 3. The van der Waals surface area contributed by atoms with Crippen molar-refractivity contribution >= 4 is 11.8 Å². The Kier molecular flexibility index (Phi) is 4.34. The molecule has 0 unspecified atom stereocenters. The Morgan fingerprint density at radius 2 is 1.48 bits per heavy atom. The number of hydrogen-bond acceptors (Lipinski definition) is 4. The Labute approximate surface area is 155 Å². The van der Waals surface area contributed by atoms with E-state index >= 15 is 0 Å². The molecule has 27 heavy (non-hydrogen) atoms. The largest absolute Gasteiger partial charge is 0.504 e. The minimum atomic E-state index is -0.616. The molecule has 4 rings (SSSR count). The van der Waals surface area contributed by atoms with Crippen LogP contribution in [0.15, 0.2) is 77.6 Å². The minimum Gasteiger partial charge on any atom is -0.504 e. The molecule has 2 N–H and O–H groups in total. The van der Waals surface area contributed by atoms with Crippen molar-refractivity contribution < 1.29 is 14.6 Å². The highest BCUT2D eigenvalue weighted by atomic mass is 16.5. The van der Waals surface area contributed by atoms with E-state index < -0.39 is 11.5 Å². The third-order valence-electron chi connectivity index (χ3n) is 4.68. The molecule has 3 aromatic carbocycles. The van der Waals surface area contributed by atoms with Gasteiger partial charge in [-0.05, 0) is 46.5 Å². The zero-order valence-electron chi connectivity index (χ0n) is 14.4. The van der Waals surface area contributed by atoms with Crippen molar-refractivity contribution in [2.45, 2.75) is 5.92 Å². The van der Waals surface area contributed by atoms with Crippen LogP contribution in [0.4, 0.5) is 10.5 Å². The summed E-state index contributed by atoms with van der Waals surface area (Å²) in [5.74, 6) is -0.400. The standard InChI is InChI=1S/C22H17NO4/c24-20-11-9-14(10-12-21(20)25)23-22(26)27-13-19-17-7-3-1-5-15(17)16-6-2-4-8-18(16)19/h1-12,19H,13H2,(H,23,26)(H,24,25). The number of ether oxygens (including phenoxy) is 1. The van der Waals surface area contributed by atoms with E-state index in [2.05, 4.69) is 29.6 Å². The van der Waals surface area contributed by atoms with Gasteiger partial charge in [-0.25, -0.2) is 4.79 Å². The van der Waals surface area contributed by atoms with Crippen LogP contribution in [0.2, 0.25) is 0 Å². The lowest BCUT2D eigenvalue weighted by Gasteiger charge is -2.14. The van der Waals surface area contributed by atoms with E-state index in [0.717, 1.165) is 22.3 Å². The average Bonchev–Trinajstić information content (AvgIpc) is 2.92. The quantitative estimate of drug-likeness (QED) is 0.738. The Bertz CT molecular complexity index is 1030. The van der Waals surface area contributed by atoms with Crippen molar-refractivity contribution in [1.29, 1.82) is 0 Å². The smallest absolute Gasteiger partial charge is 0.411 e. The van der Waals surface area contributed by atoms with Gasteiger partial charge in [-0.2, -0.15) is 0 Å². The van der Waals surface area contributed by atoms with Crippen molar-refractivity contribution in [3.05, 3.63) is 94.1 Å². The second kappa shape index (κ2) is 6.96. The number of rotatable bonds is 3. The van der Waals surface area contributed by atoms with Gasteiger partial charge >= 0.3 is 6.09 Å². The molecule has 1 aliphatic carbocycles. The number of anilines is 1. The zero-order chi connectivity index (χ0) is 18.8. The molecule has 0 aromatic heterocycles. The third kappa shape index (κ3) is 3.27. The van der Waals surface area contributed by atoms with Crippen LogP contribution in [0.5, 0.6) is 5.75 Å². The van der Waals surface area contributed by atoms with Crippen molar-refractivity contribution in [2.24, 2.45) is 0 Å². The Hall–Kier alpha value is -3.60. The topological polar surface area (TPSA) is 75.6 Å². The van der Waals surface area contributed by atoms with E-state index in [4.69, 9.17) is 4.74 Å². The van der Waals surface area contributed by atoms with Crippen LogP contribution in [0, 0.1) is 0 Å². The lowest BCUT2D eigenvalue weighted by Crippen LogP contribution is -2.17. The van der Waals surface area contributed by atoms with Gasteiger partial charge in [-0.3, -0.25) is 10.1 Å². The highest BCUT2D eigenvalue weighted by Crippen LogP contribution is 2.44. The fourth-order valence-corrected chi connectivity index (χ4v) is 3.39. The maximum Gasteiger partial charge on any atom is 0.411 e. The summed E-state index contributed by atoms with van der Waals surface area (Å²) in [5, 5.41) is 12.0. The van der Waals surface area contributed by atoms with Crippen molar-refractivity contribution in [1.82, 2.24) is 0 Å². The zero-order valence-corrected chi connectivity index (χ0v) is 14.4. The van der Waals surface area contributed by atoms with Crippen LogP contribution in [-0.2, 0) is 4.74 Å². The summed E-state index contributed by atoms with van der Waals surface area (Å²) in [6.07, 6.45) is -0.616. The second-order valence-electron chi connectivity index (χ2n) is 6.32. The molecule has 3 aromatic rings. The Morgan fingerprint density at radius 1 is 0.889 bits per heavy atom. The first-order valence-electron chi connectivity index (χ1n) is 8.59. The normalized spacial score (nSPS) is 12.1. The summed E-state index contributed by atoms with van der Waals surface area (Å²) < 4.78 is 5.44. The average molecular weight is 359 g/mol. The first kappa shape index (κ1) is 16.8. The molecule has 0 saturated heterocycles. The van der Waals surface area contributed by atoms with E-state index in [1.165, 1.54) is 24.3 Å². The first-order valence-corrected chi connectivity index (χ1v) is 8.59. The van der Waals surface area contributed by atoms with Gasteiger partial charge in [0.1, 0.15) is 6.61 Å². The lowest BCUT2D eigenvalue weighted by molar-refractivity contribution is 0.158. The molecular formula is C22H17NO4. The SMILES string of the molecule is O=C(Nc1ccc(O)c(=O)cc1)OCC1c2ccccc2-c2ccccc21. The van der Waals surface area contributed by atoms with Gasteiger partial charge in [0.05, 0.1) is 0 Å². The second-order valence-corrected chi connectivity index (χ2v) is 6.32. The van der Waals surface area contributed by atoms with Gasteiger partial charge in [-0.15, -0.1) is 0 Å². The summed E-state index contributed by atoms with van der Waals surface area (Å²) in [7, 11) is 0. The van der Waals surface area contributed by atoms with Gasteiger partial charge in [0, 0.05) is 11.6 Å². The third-order valence-corrected chi connectivity index (χ3v) is 4.68. The van der Waals surface area contributed by atoms with E-state index in [0.29, 0.717) is 5.69 Å². The number of benzene rings is 2. The number of amides is 1. The lowest BCUT2D eigenvalue weighted by atomic mass is 9.98. The van der Waals surface area contributed by atoms with Crippen molar-refractivity contribution in [2.75, 3.05) is 11.9 Å². The van der Waals surface area contributed by atoms with Crippen molar-refractivity contribution in [3.63, 3.8) is 0 Å². The fourth-order valence-electron chi connectivity index (χ4n) is 3.39. The fraction of sp³-hybridized carbons (Fsp3) is 0.0909.